The van der Waals surface area contributed by atoms with E-state index in [2.05, 4.69) is 141 Å². The molecule has 0 fully saturated rings. The molecule has 0 atom stereocenters. The smallest absolute Gasteiger partial charge is 0.296 e. The van der Waals surface area contributed by atoms with Crippen LogP contribution in [0.3, 0.4) is 0 Å². The maximum Gasteiger partial charge on any atom is 0.643 e. The Kier molecular flexibility index (Phi) is 8.73. The number of hydrogen-bond acceptors (Lipinski definition) is 2. The fourth-order valence-corrected chi connectivity index (χ4v) is 7.50. The second-order valence-electron chi connectivity index (χ2n) is 13.5. The molecule has 0 aliphatic carbocycles. The standard InChI is InChI=1S/2C20H18N2.Al.3ClH/c1-12-8-9-16-18-17(12)14-6-4-5-7-15(14)19-21-11-13(22(18)19)10-20(16,2)3;1-13(2)11-15-12-21-20-17-9-5-4-8-16(17)19-14(3)7-6-10-18(19)22(15)20;;;;/h4-9,11H,10H2,1-3H3;4-12H,1-3H3;;3*1H/q;;+3;;;/p-3. The van der Waals surface area contributed by atoms with Crippen LogP contribution in [0.4, 0.5) is 0 Å². The summed E-state index contributed by atoms with van der Waals surface area (Å²) in [4.78, 5) is 9.46. The lowest BCUT2D eigenvalue weighted by molar-refractivity contribution is 0.506. The number of allylic oxidation sites excluding steroid dienone is 1. The topological polar surface area (TPSA) is 34.6 Å². The van der Waals surface area contributed by atoms with Crippen molar-refractivity contribution in [1.29, 1.82) is 0 Å². The van der Waals surface area contributed by atoms with Gasteiger partial charge in [0.05, 0.1) is 22.9 Å². The molecule has 4 nitrogen and oxygen atoms in total. The lowest BCUT2D eigenvalue weighted by Crippen LogP contribution is -2.26. The van der Waals surface area contributed by atoms with Crippen molar-refractivity contribution < 1.29 is 0 Å². The van der Waals surface area contributed by atoms with Crippen LogP contribution in [0.5, 0.6) is 0 Å². The average molecular weight is 706 g/mol. The number of hydrogen-bond donors (Lipinski definition) is 0. The van der Waals surface area contributed by atoms with Crippen molar-refractivity contribution >= 4 is 102 Å². The Bertz CT molecular complexity index is 2550. The molecule has 0 bridgehead atoms. The summed E-state index contributed by atoms with van der Waals surface area (Å²) >= 11 is -1.72. The number of imidazole rings is 2. The number of benzene rings is 4. The van der Waals surface area contributed by atoms with Crippen molar-refractivity contribution in [2.24, 2.45) is 0 Å². The highest BCUT2D eigenvalue weighted by Crippen LogP contribution is 2.42. The van der Waals surface area contributed by atoms with Gasteiger partial charge in [-0.25, -0.2) is 40.1 Å². The first-order valence-corrected chi connectivity index (χ1v) is 21.4. The van der Waals surface area contributed by atoms with Gasteiger partial charge in [0.15, 0.2) is 0 Å². The molecule has 8 aromatic rings. The van der Waals surface area contributed by atoms with Crippen LogP contribution in [-0.4, -0.2) is 30.2 Å². The summed E-state index contributed by atoms with van der Waals surface area (Å²) in [6.45, 7) is 13.3. The lowest BCUT2D eigenvalue weighted by atomic mass is 9.77. The quantitative estimate of drug-likeness (QED) is 0.126. The molecule has 1 aliphatic rings. The maximum atomic E-state index is 4.94. The van der Waals surface area contributed by atoms with Crippen LogP contribution in [-0.2, 0) is 11.8 Å². The van der Waals surface area contributed by atoms with Gasteiger partial charge in [-0.15, -0.1) is 0 Å². The van der Waals surface area contributed by atoms with Gasteiger partial charge in [0.2, 0.25) is 0 Å². The maximum absolute atomic E-state index is 4.94. The molecule has 0 spiro atoms. The minimum atomic E-state index is -1.72. The third-order valence-electron chi connectivity index (χ3n) is 9.39. The van der Waals surface area contributed by atoms with Crippen LogP contribution in [0.15, 0.2) is 96.8 Å². The molecule has 8 heteroatoms. The van der Waals surface area contributed by atoms with Crippen molar-refractivity contribution in [1.82, 2.24) is 18.8 Å². The molecule has 0 saturated carbocycles. The molecule has 0 unspecified atom stereocenters. The van der Waals surface area contributed by atoms with Crippen molar-refractivity contribution in [3.63, 3.8) is 0 Å². The third kappa shape index (κ3) is 5.57. The Labute approximate surface area is 297 Å². The van der Waals surface area contributed by atoms with Gasteiger partial charge < -0.3 is 0 Å². The molecule has 240 valence electrons. The van der Waals surface area contributed by atoms with E-state index in [4.69, 9.17) is 40.1 Å². The number of aryl methyl sites for hydroxylation is 2. The van der Waals surface area contributed by atoms with Crippen molar-refractivity contribution in [3.05, 3.63) is 125 Å². The van der Waals surface area contributed by atoms with Crippen LogP contribution in [0.25, 0.3) is 60.7 Å². The summed E-state index contributed by atoms with van der Waals surface area (Å²) in [5.41, 5.74) is 12.7. The summed E-state index contributed by atoms with van der Waals surface area (Å²) in [5.74, 6) is 0. The largest absolute Gasteiger partial charge is 0.643 e. The molecule has 1 aliphatic heterocycles. The Morgan fingerprint density at radius 1 is 0.708 bits per heavy atom. The minimum absolute atomic E-state index is 0.150. The molecular weight excluding hydrogens is 670 g/mol. The SMILES string of the molecule is CC(C)=Cc1cnc2c3ccccc3c3c(C)cccc3n12.Cc1ccc2c3c1c1ccccc1c1ncc(n13)CC2(C)C.[Cl][Al]([Cl])[Cl]. The zero-order chi connectivity index (χ0) is 33.9. The molecule has 0 radical (unpaired) electrons. The normalized spacial score (nSPS) is 13.2. The highest BCUT2D eigenvalue weighted by atomic mass is 35.8. The van der Waals surface area contributed by atoms with Gasteiger partial charge in [-0.3, -0.25) is 8.80 Å². The first-order chi connectivity index (χ1) is 23.0. The number of halogens is 3. The summed E-state index contributed by atoms with van der Waals surface area (Å²) in [6, 6.07) is 28.3. The van der Waals surface area contributed by atoms with E-state index >= 15 is 0 Å². The summed E-state index contributed by atoms with van der Waals surface area (Å²) in [7, 11) is 14.8. The fourth-order valence-electron chi connectivity index (χ4n) is 7.50. The number of aromatic nitrogens is 4. The summed E-state index contributed by atoms with van der Waals surface area (Å²) in [6.07, 6.45) is 7.26. The second kappa shape index (κ2) is 12.7. The van der Waals surface area contributed by atoms with Crippen LogP contribution in [0, 0.1) is 13.8 Å². The third-order valence-corrected chi connectivity index (χ3v) is 9.39. The van der Waals surface area contributed by atoms with Crippen LogP contribution >= 0.6 is 30.1 Å². The highest BCUT2D eigenvalue weighted by Gasteiger charge is 2.32. The van der Waals surface area contributed by atoms with E-state index in [9.17, 15) is 0 Å². The number of nitrogens with zero attached hydrogens (tertiary/aromatic N) is 4. The first-order valence-electron chi connectivity index (χ1n) is 16.1. The molecule has 4 aromatic heterocycles. The lowest BCUT2D eigenvalue weighted by Gasteiger charge is -2.32. The van der Waals surface area contributed by atoms with E-state index < -0.39 is 11.4 Å². The van der Waals surface area contributed by atoms with E-state index in [-0.39, 0.29) is 5.41 Å². The Balaban J connectivity index is 0.000000137. The number of fused-ring (bicyclic) bond motifs is 9. The Morgan fingerprint density at radius 2 is 1.27 bits per heavy atom. The summed E-state index contributed by atoms with van der Waals surface area (Å²) in [5, 5.41) is 7.75. The zero-order valence-electron chi connectivity index (χ0n) is 27.9. The van der Waals surface area contributed by atoms with Crippen LogP contribution in [0.2, 0.25) is 0 Å². The molecule has 0 amide bonds. The monoisotopic (exact) mass is 704 g/mol. The molecule has 0 saturated heterocycles. The van der Waals surface area contributed by atoms with Gasteiger partial charge in [0.25, 0.3) is 0 Å². The van der Waals surface area contributed by atoms with E-state index in [0.29, 0.717) is 0 Å². The Morgan fingerprint density at radius 3 is 1.92 bits per heavy atom. The molecule has 5 heterocycles. The van der Waals surface area contributed by atoms with E-state index in [1.807, 2.05) is 6.20 Å². The van der Waals surface area contributed by atoms with E-state index in [0.717, 1.165) is 23.4 Å². The van der Waals surface area contributed by atoms with E-state index in [1.165, 1.54) is 71.3 Å². The van der Waals surface area contributed by atoms with Gasteiger partial charge >= 0.3 is 11.4 Å². The summed E-state index contributed by atoms with van der Waals surface area (Å²) < 4.78 is 4.67. The number of rotatable bonds is 1. The van der Waals surface area contributed by atoms with Gasteiger partial charge in [0, 0.05) is 33.4 Å². The highest BCUT2D eigenvalue weighted by molar-refractivity contribution is 7.54. The molecule has 48 heavy (non-hydrogen) atoms. The van der Waals surface area contributed by atoms with Crippen LogP contribution in [0.1, 0.15) is 55.8 Å². The fraction of sp³-hybridized carbons (Fsp3) is 0.200. The van der Waals surface area contributed by atoms with Crippen molar-refractivity contribution in [2.45, 2.75) is 53.4 Å². The molecule has 0 N–H and O–H groups in total. The molecule has 9 rings (SSSR count). The predicted molar refractivity (Wildman–Crippen MR) is 209 cm³/mol. The Hall–Kier alpha value is -3.56. The zero-order valence-corrected chi connectivity index (χ0v) is 31.4. The van der Waals surface area contributed by atoms with Crippen molar-refractivity contribution in [2.75, 3.05) is 0 Å². The molecular formula is C40H36AlCl3N4. The van der Waals surface area contributed by atoms with Crippen molar-refractivity contribution in [3.8, 4) is 0 Å². The average Bonchev–Trinajstić information content (AvgIpc) is 3.66. The minimum Gasteiger partial charge on any atom is -0.296 e. The van der Waals surface area contributed by atoms with Gasteiger partial charge in [0.1, 0.15) is 11.3 Å². The van der Waals surface area contributed by atoms with Crippen LogP contribution < -0.4 is 0 Å². The second-order valence-corrected chi connectivity index (χ2v) is 19.9. The number of pyridine rings is 2. The van der Waals surface area contributed by atoms with Gasteiger partial charge in [-0.1, -0.05) is 92.2 Å². The predicted octanol–water partition coefficient (Wildman–Crippen LogP) is 11.8. The van der Waals surface area contributed by atoms with Gasteiger partial charge in [-0.05, 0) is 79.1 Å². The molecule has 4 aromatic carbocycles. The first kappa shape index (κ1) is 33.0. The van der Waals surface area contributed by atoms with Gasteiger partial charge in [-0.2, -0.15) is 0 Å². The van der Waals surface area contributed by atoms with E-state index in [1.54, 1.807) is 0 Å².